The molecule has 0 atom stereocenters. The third kappa shape index (κ3) is 2.60. The predicted octanol–water partition coefficient (Wildman–Crippen LogP) is 4.05. The number of benzene rings is 1. The van der Waals surface area contributed by atoms with Gasteiger partial charge < -0.3 is 0 Å². The van der Waals surface area contributed by atoms with Crippen molar-refractivity contribution in [1.29, 1.82) is 0 Å². The lowest BCUT2D eigenvalue weighted by Crippen LogP contribution is -2.58. The van der Waals surface area contributed by atoms with Crippen LogP contribution in [0.3, 0.4) is 0 Å². The standard InChI is InChI=1S/C17H22FN.ClH/c18-15-3-1-2-12(7-15)4-5-19-16-8-13-6-14(10-16)11-17(19)9-13;/h1-3,7,13-14,16-17H,4-6,8-11H2;1H. The molecule has 20 heavy (non-hydrogen) atoms. The summed E-state index contributed by atoms with van der Waals surface area (Å²) >= 11 is 0. The van der Waals surface area contributed by atoms with Crippen LogP contribution >= 0.6 is 12.4 Å². The van der Waals surface area contributed by atoms with Crippen LogP contribution in [0, 0.1) is 17.7 Å². The zero-order valence-electron chi connectivity index (χ0n) is 11.8. The summed E-state index contributed by atoms with van der Waals surface area (Å²) in [5, 5.41) is 0. The third-order valence-corrected chi connectivity index (χ3v) is 5.57. The molecule has 4 fully saturated rings. The first-order chi connectivity index (χ1) is 9.28. The molecular weight excluding hydrogens is 273 g/mol. The minimum absolute atomic E-state index is 0. The molecule has 5 rings (SSSR count). The van der Waals surface area contributed by atoms with Gasteiger partial charge in [0.25, 0.3) is 0 Å². The molecule has 1 aromatic rings. The molecule has 2 aliphatic carbocycles. The summed E-state index contributed by atoms with van der Waals surface area (Å²) in [6.07, 6.45) is 8.21. The Morgan fingerprint density at radius 1 is 1.00 bits per heavy atom. The highest BCUT2D eigenvalue weighted by Crippen LogP contribution is 2.48. The van der Waals surface area contributed by atoms with Crippen molar-refractivity contribution < 1.29 is 4.39 Å². The Balaban J connectivity index is 0.00000121. The maximum Gasteiger partial charge on any atom is 0.123 e. The molecule has 2 aliphatic heterocycles. The maximum atomic E-state index is 13.2. The minimum Gasteiger partial charge on any atom is -0.297 e. The van der Waals surface area contributed by atoms with E-state index in [2.05, 4.69) is 11.0 Å². The van der Waals surface area contributed by atoms with Gasteiger partial charge in [-0.25, -0.2) is 4.39 Å². The zero-order chi connectivity index (χ0) is 12.8. The van der Waals surface area contributed by atoms with Crippen molar-refractivity contribution in [3.05, 3.63) is 35.6 Å². The van der Waals surface area contributed by atoms with E-state index in [0.29, 0.717) is 0 Å². The number of nitrogens with zero attached hydrogens (tertiary/aromatic N) is 1. The second-order valence-corrected chi connectivity index (χ2v) is 6.84. The molecule has 0 spiro atoms. The molecule has 2 saturated heterocycles. The fourth-order valence-electron chi connectivity index (χ4n) is 4.94. The van der Waals surface area contributed by atoms with Gasteiger partial charge in [-0.05, 0) is 68.1 Å². The van der Waals surface area contributed by atoms with E-state index in [-0.39, 0.29) is 18.2 Å². The van der Waals surface area contributed by atoms with Crippen molar-refractivity contribution in [1.82, 2.24) is 4.90 Å². The molecule has 110 valence electrons. The average Bonchev–Trinajstić information content (AvgIpc) is 2.37. The van der Waals surface area contributed by atoms with Crippen molar-refractivity contribution in [3.8, 4) is 0 Å². The SMILES string of the molecule is Cl.Fc1cccc(CCN2C3CC4CC(C3)CC2C4)c1. The molecule has 1 nitrogen and oxygen atoms in total. The highest BCUT2D eigenvalue weighted by Gasteiger charge is 2.46. The first-order valence-corrected chi connectivity index (χ1v) is 7.78. The van der Waals surface area contributed by atoms with E-state index in [1.54, 1.807) is 6.07 Å². The number of hydrogen-bond donors (Lipinski definition) is 0. The Hall–Kier alpha value is -0.600. The van der Waals surface area contributed by atoms with Crippen LogP contribution in [0.25, 0.3) is 0 Å². The van der Waals surface area contributed by atoms with E-state index in [9.17, 15) is 4.39 Å². The number of rotatable bonds is 3. The van der Waals surface area contributed by atoms with E-state index in [1.807, 2.05) is 6.07 Å². The van der Waals surface area contributed by atoms with Gasteiger partial charge in [-0.3, -0.25) is 4.90 Å². The zero-order valence-corrected chi connectivity index (χ0v) is 12.6. The van der Waals surface area contributed by atoms with E-state index in [1.165, 1.54) is 38.2 Å². The monoisotopic (exact) mass is 295 g/mol. The van der Waals surface area contributed by atoms with E-state index < -0.39 is 0 Å². The molecule has 4 aliphatic rings. The summed E-state index contributed by atoms with van der Waals surface area (Å²) in [5.41, 5.74) is 1.15. The first-order valence-electron chi connectivity index (χ1n) is 7.78. The van der Waals surface area contributed by atoms with Crippen molar-refractivity contribution in [2.24, 2.45) is 11.8 Å². The molecule has 1 aromatic carbocycles. The lowest BCUT2D eigenvalue weighted by atomic mass is 9.63. The summed E-state index contributed by atoms with van der Waals surface area (Å²) in [5.74, 6) is 1.94. The number of halogens is 2. The number of piperidine rings is 2. The van der Waals surface area contributed by atoms with Crippen molar-refractivity contribution in [2.45, 2.75) is 50.6 Å². The molecule has 3 heteroatoms. The summed E-state index contributed by atoms with van der Waals surface area (Å²) in [6.45, 7) is 1.12. The highest BCUT2D eigenvalue weighted by molar-refractivity contribution is 5.85. The second-order valence-electron chi connectivity index (χ2n) is 6.84. The van der Waals surface area contributed by atoms with Crippen molar-refractivity contribution in [2.75, 3.05) is 6.54 Å². The van der Waals surface area contributed by atoms with Crippen LogP contribution in [0.5, 0.6) is 0 Å². The Morgan fingerprint density at radius 2 is 1.65 bits per heavy atom. The molecule has 0 N–H and O–H groups in total. The van der Waals surface area contributed by atoms with Crippen LogP contribution in [0.2, 0.25) is 0 Å². The molecule has 0 unspecified atom stereocenters. The molecule has 2 heterocycles. The Labute approximate surface area is 127 Å². The topological polar surface area (TPSA) is 3.24 Å². The summed E-state index contributed by atoms with van der Waals surface area (Å²) in [4.78, 5) is 2.75. The van der Waals surface area contributed by atoms with Gasteiger partial charge in [0.05, 0.1) is 0 Å². The normalized spacial score (nSPS) is 35.0. The predicted molar refractivity (Wildman–Crippen MR) is 81.7 cm³/mol. The third-order valence-electron chi connectivity index (χ3n) is 5.57. The minimum atomic E-state index is -0.0995. The highest BCUT2D eigenvalue weighted by atomic mass is 35.5. The van der Waals surface area contributed by atoms with Crippen LogP contribution in [0.1, 0.15) is 37.7 Å². The number of hydrogen-bond acceptors (Lipinski definition) is 1. The Morgan fingerprint density at radius 3 is 2.25 bits per heavy atom. The van der Waals surface area contributed by atoms with Crippen LogP contribution < -0.4 is 0 Å². The van der Waals surface area contributed by atoms with Crippen LogP contribution in [-0.4, -0.2) is 23.5 Å². The van der Waals surface area contributed by atoms with Crippen LogP contribution in [0.4, 0.5) is 4.39 Å². The van der Waals surface area contributed by atoms with E-state index in [0.717, 1.165) is 42.4 Å². The molecular formula is C17H23ClFN. The van der Waals surface area contributed by atoms with Crippen LogP contribution in [0.15, 0.2) is 24.3 Å². The van der Waals surface area contributed by atoms with Gasteiger partial charge in [0.2, 0.25) is 0 Å². The average molecular weight is 296 g/mol. The van der Waals surface area contributed by atoms with Gasteiger partial charge in [-0.1, -0.05) is 12.1 Å². The first kappa shape index (κ1) is 14.3. The quantitative estimate of drug-likeness (QED) is 0.813. The fourth-order valence-corrected chi connectivity index (χ4v) is 4.94. The summed E-state index contributed by atoms with van der Waals surface area (Å²) < 4.78 is 13.2. The fraction of sp³-hybridized carbons (Fsp3) is 0.647. The van der Waals surface area contributed by atoms with Crippen molar-refractivity contribution >= 4 is 12.4 Å². The van der Waals surface area contributed by atoms with E-state index >= 15 is 0 Å². The van der Waals surface area contributed by atoms with E-state index in [4.69, 9.17) is 0 Å². The lowest BCUT2D eigenvalue weighted by Gasteiger charge is -2.56. The Kier molecular flexibility index (Phi) is 4.05. The molecule has 2 saturated carbocycles. The van der Waals surface area contributed by atoms with Gasteiger partial charge in [0, 0.05) is 18.6 Å². The second kappa shape index (κ2) is 5.65. The molecule has 0 radical (unpaired) electrons. The molecule has 0 aromatic heterocycles. The van der Waals surface area contributed by atoms with Gasteiger partial charge >= 0.3 is 0 Å². The summed E-state index contributed by atoms with van der Waals surface area (Å²) in [6, 6.07) is 8.79. The smallest absolute Gasteiger partial charge is 0.123 e. The maximum absolute atomic E-state index is 13.2. The van der Waals surface area contributed by atoms with Gasteiger partial charge in [-0.15, -0.1) is 12.4 Å². The van der Waals surface area contributed by atoms with Gasteiger partial charge in [-0.2, -0.15) is 0 Å². The Bertz CT molecular complexity index is 448. The molecule has 4 bridgehead atoms. The lowest BCUT2D eigenvalue weighted by molar-refractivity contribution is -0.0578. The van der Waals surface area contributed by atoms with Crippen LogP contribution in [-0.2, 0) is 6.42 Å². The largest absolute Gasteiger partial charge is 0.297 e. The van der Waals surface area contributed by atoms with Gasteiger partial charge in [0.1, 0.15) is 5.82 Å². The van der Waals surface area contributed by atoms with Gasteiger partial charge in [0.15, 0.2) is 0 Å². The summed E-state index contributed by atoms with van der Waals surface area (Å²) in [7, 11) is 0. The van der Waals surface area contributed by atoms with Crippen molar-refractivity contribution in [3.63, 3.8) is 0 Å². The molecule has 0 amide bonds.